The number of nitrogens with two attached hydrogens (primary N) is 1. The minimum absolute atomic E-state index is 0.0695. The highest BCUT2D eigenvalue weighted by molar-refractivity contribution is 5.79. The van der Waals surface area contributed by atoms with Crippen LogP contribution in [0.5, 0.6) is 0 Å². The van der Waals surface area contributed by atoms with Crippen LogP contribution in [0.2, 0.25) is 0 Å². The zero-order valence-electron chi connectivity index (χ0n) is 20.4. The lowest BCUT2D eigenvalue weighted by Gasteiger charge is -2.42. The molecule has 2 aromatic heterocycles. The summed E-state index contributed by atoms with van der Waals surface area (Å²) in [5.41, 5.74) is 7.82. The van der Waals surface area contributed by atoms with E-state index in [4.69, 9.17) is 10.5 Å². The fraction of sp³-hybridized carbons (Fsp3) is 0.519. The molecule has 2 N–H and O–H groups in total. The molecule has 7 nitrogen and oxygen atoms in total. The fourth-order valence-corrected chi connectivity index (χ4v) is 5.53. The Balaban J connectivity index is 1.36. The number of piperidine rings is 2. The third-order valence-corrected chi connectivity index (χ3v) is 7.53. The van der Waals surface area contributed by atoms with E-state index >= 15 is 0 Å². The molecule has 2 aliphatic heterocycles. The van der Waals surface area contributed by atoms with Gasteiger partial charge < -0.3 is 15.4 Å². The number of allylic oxidation sites excluding steroid dienone is 1. The summed E-state index contributed by atoms with van der Waals surface area (Å²) in [5, 5.41) is 0. The van der Waals surface area contributed by atoms with Crippen molar-refractivity contribution in [2.75, 3.05) is 39.0 Å². The lowest BCUT2D eigenvalue weighted by atomic mass is 9.70. The molecule has 1 amide bonds. The molecular weight excluding hydrogens is 426 g/mol. The van der Waals surface area contributed by atoms with E-state index in [1.807, 2.05) is 30.5 Å². The van der Waals surface area contributed by atoms with Gasteiger partial charge in [-0.1, -0.05) is 13.0 Å². The summed E-state index contributed by atoms with van der Waals surface area (Å²) in [4.78, 5) is 26.6. The van der Waals surface area contributed by atoms with E-state index in [2.05, 4.69) is 38.8 Å². The number of rotatable bonds is 7. The Morgan fingerprint density at radius 1 is 1.18 bits per heavy atom. The normalized spacial score (nSPS) is 21.9. The molecule has 34 heavy (non-hydrogen) atoms. The highest BCUT2D eigenvalue weighted by atomic mass is 16.5. The van der Waals surface area contributed by atoms with E-state index in [0.29, 0.717) is 17.6 Å². The number of hydrogen-bond acceptors (Lipinski definition) is 6. The van der Waals surface area contributed by atoms with E-state index in [9.17, 15) is 4.79 Å². The Morgan fingerprint density at radius 2 is 2.00 bits per heavy atom. The lowest BCUT2D eigenvalue weighted by Crippen LogP contribution is -2.49. The molecule has 2 fully saturated rings. The Hall–Kier alpha value is -2.93. The van der Waals surface area contributed by atoms with Crippen molar-refractivity contribution in [1.29, 1.82) is 0 Å². The molecule has 0 aromatic carbocycles. The third kappa shape index (κ3) is 5.58. The maximum absolute atomic E-state index is 13.4. The van der Waals surface area contributed by atoms with Gasteiger partial charge in [0.1, 0.15) is 5.82 Å². The SMILES string of the molecule is CO/C=C/C(C)(c1ccccn1)C1CCN(C(=O)C2CCCN(Cc3ccnc(N)c3)C2)CC1. The van der Waals surface area contributed by atoms with Crippen molar-refractivity contribution in [2.45, 2.75) is 44.6 Å². The quantitative estimate of drug-likeness (QED) is 0.632. The maximum Gasteiger partial charge on any atom is 0.226 e. The highest BCUT2D eigenvalue weighted by Gasteiger charge is 2.39. The largest absolute Gasteiger partial charge is 0.505 e. The molecular formula is C27H37N5O2. The van der Waals surface area contributed by atoms with Gasteiger partial charge in [-0.05, 0) is 74.1 Å². The second-order valence-corrected chi connectivity index (χ2v) is 9.80. The number of nitrogens with zero attached hydrogens (tertiary/aromatic N) is 4. The van der Waals surface area contributed by atoms with Crippen LogP contribution in [-0.4, -0.2) is 59.0 Å². The minimum atomic E-state index is -0.222. The van der Waals surface area contributed by atoms with Crippen molar-refractivity contribution in [3.05, 3.63) is 66.3 Å². The number of aromatic nitrogens is 2. The van der Waals surface area contributed by atoms with Crippen LogP contribution in [0.25, 0.3) is 0 Å². The van der Waals surface area contributed by atoms with E-state index < -0.39 is 0 Å². The van der Waals surface area contributed by atoms with Crippen molar-refractivity contribution in [3.63, 3.8) is 0 Å². The van der Waals surface area contributed by atoms with Crippen LogP contribution in [0.4, 0.5) is 5.82 Å². The molecule has 7 heteroatoms. The first-order valence-electron chi connectivity index (χ1n) is 12.3. The number of amides is 1. The Labute approximate surface area is 203 Å². The zero-order valence-corrected chi connectivity index (χ0v) is 20.4. The monoisotopic (exact) mass is 463 g/mol. The summed E-state index contributed by atoms with van der Waals surface area (Å²) >= 11 is 0. The smallest absolute Gasteiger partial charge is 0.226 e. The maximum atomic E-state index is 13.4. The predicted molar refractivity (Wildman–Crippen MR) is 134 cm³/mol. The van der Waals surface area contributed by atoms with E-state index in [1.165, 1.54) is 0 Å². The summed E-state index contributed by atoms with van der Waals surface area (Å²) in [6, 6.07) is 10.00. The average molecular weight is 464 g/mol. The summed E-state index contributed by atoms with van der Waals surface area (Å²) in [7, 11) is 1.67. The van der Waals surface area contributed by atoms with Crippen LogP contribution in [0.1, 0.15) is 43.9 Å². The highest BCUT2D eigenvalue weighted by Crippen LogP contribution is 2.39. The third-order valence-electron chi connectivity index (χ3n) is 7.53. The van der Waals surface area contributed by atoms with Crippen molar-refractivity contribution >= 4 is 11.7 Å². The first-order chi connectivity index (χ1) is 16.5. The van der Waals surface area contributed by atoms with Crippen LogP contribution in [-0.2, 0) is 21.5 Å². The molecule has 4 heterocycles. The molecule has 2 aliphatic rings. The van der Waals surface area contributed by atoms with Crippen LogP contribution in [0.3, 0.4) is 0 Å². The van der Waals surface area contributed by atoms with Crippen LogP contribution in [0, 0.1) is 11.8 Å². The number of likely N-dealkylation sites (tertiary alicyclic amines) is 2. The summed E-state index contributed by atoms with van der Waals surface area (Å²) in [5.74, 6) is 1.32. The number of nitrogen functional groups attached to an aromatic ring is 1. The minimum Gasteiger partial charge on any atom is -0.505 e. The number of ether oxygens (including phenoxy) is 1. The molecule has 4 rings (SSSR count). The number of carbonyl (C=O) groups is 1. The Morgan fingerprint density at radius 3 is 2.71 bits per heavy atom. The molecule has 2 aromatic rings. The zero-order chi connectivity index (χ0) is 24.0. The van der Waals surface area contributed by atoms with E-state index in [-0.39, 0.29) is 11.3 Å². The van der Waals surface area contributed by atoms with Crippen molar-refractivity contribution in [1.82, 2.24) is 19.8 Å². The van der Waals surface area contributed by atoms with Gasteiger partial charge in [-0.2, -0.15) is 0 Å². The Kier molecular flexibility index (Phi) is 7.83. The average Bonchev–Trinajstić information content (AvgIpc) is 2.87. The van der Waals surface area contributed by atoms with Gasteiger partial charge in [0.2, 0.25) is 5.91 Å². The summed E-state index contributed by atoms with van der Waals surface area (Å²) in [6.07, 6.45) is 11.4. The summed E-state index contributed by atoms with van der Waals surface area (Å²) in [6.45, 7) is 6.46. The van der Waals surface area contributed by atoms with Gasteiger partial charge in [0, 0.05) is 44.0 Å². The van der Waals surface area contributed by atoms with Crippen molar-refractivity contribution in [3.8, 4) is 0 Å². The second-order valence-electron chi connectivity index (χ2n) is 9.80. The van der Waals surface area contributed by atoms with Gasteiger partial charge in [-0.15, -0.1) is 0 Å². The number of methoxy groups -OCH3 is 1. The first-order valence-corrected chi connectivity index (χ1v) is 12.3. The molecule has 0 saturated carbocycles. The second kappa shape index (κ2) is 11.0. The predicted octanol–water partition coefficient (Wildman–Crippen LogP) is 3.63. The Bertz CT molecular complexity index is 974. The standard InChI is InChI=1S/C27H37N5O2/c1-27(11-17-34-2,24-7-3-4-12-29-24)23-9-15-32(16-10-23)26(33)22-6-5-14-31(20-22)19-21-8-13-30-25(28)18-21/h3-4,7-8,11-13,17-18,22-23H,5-6,9-10,14-16,19-20H2,1-2H3,(H2,28,30)/b17-11+. The van der Waals surface area contributed by atoms with Crippen LogP contribution in [0.15, 0.2) is 55.1 Å². The van der Waals surface area contributed by atoms with E-state index in [0.717, 1.165) is 69.7 Å². The lowest BCUT2D eigenvalue weighted by molar-refractivity contribution is -0.139. The van der Waals surface area contributed by atoms with Crippen molar-refractivity contribution in [2.24, 2.45) is 11.8 Å². The van der Waals surface area contributed by atoms with Crippen molar-refractivity contribution < 1.29 is 9.53 Å². The molecule has 0 radical (unpaired) electrons. The molecule has 2 atom stereocenters. The molecule has 2 saturated heterocycles. The number of hydrogen-bond donors (Lipinski definition) is 1. The molecule has 2 unspecified atom stereocenters. The van der Waals surface area contributed by atoms with Gasteiger partial charge in [0.05, 0.1) is 25.0 Å². The number of anilines is 1. The van der Waals surface area contributed by atoms with Gasteiger partial charge >= 0.3 is 0 Å². The molecule has 0 spiro atoms. The number of carbonyl (C=O) groups excluding carboxylic acids is 1. The molecule has 0 bridgehead atoms. The van der Waals surface area contributed by atoms with Crippen LogP contribution < -0.4 is 5.73 Å². The fourth-order valence-electron chi connectivity index (χ4n) is 5.53. The molecule has 182 valence electrons. The van der Waals surface area contributed by atoms with Gasteiger partial charge in [-0.25, -0.2) is 4.98 Å². The molecule has 0 aliphatic carbocycles. The topological polar surface area (TPSA) is 84.6 Å². The van der Waals surface area contributed by atoms with Crippen LogP contribution >= 0.6 is 0 Å². The van der Waals surface area contributed by atoms with Gasteiger partial charge in [-0.3, -0.25) is 14.7 Å². The van der Waals surface area contributed by atoms with E-state index in [1.54, 1.807) is 19.6 Å². The van der Waals surface area contributed by atoms with Gasteiger partial charge in [0.15, 0.2) is 0 Å². The summed E-state index contributed by atoms with van der Waals surface area (Å²) < 4.78 is 5.26. The van der Waals surface area contributed by atoms with Gasteiger partial charge in [0.25, 0.3) is 0 Å². The first kappa shape index (κ1) is 24.2. The number of pyridine rings is 2.